The molecule has 0 aliphatic heterocycles. The Kier molecular flexibility index (Phi) is 8.96. The van der Waals surface area contributed by atoms with Crippen LogP contribution in [0.25, 0.3) is 0 Å². The number of urea groups is 1. The summed E-state index contributed by atoms with van der Waals surface area (Å²) in [5, 5.41) is 20.6. The summed E-state index contributed by atoms with van der Waals surface area (Å²) in [4.78, 5) is 24.4. The van der Waals surface area contributed by atoms with Gasteiger partial charge in [0.25, 0.3) is 0 Å². The third-order valence-electron chi connectivity index (χ3n) is 3.04. The predicted molar refractivity (Wildman–Crippen MR) is 77.5 cm³/mol. The van der Waals surface area contributed by atoms with E-state index in [2.05, 4.69) is 5.32 Å². The molecule has 118 valence electrons. The highest BCUT2D eigenvalue weighted by Crippen LogP contribution is 2.15. The number of carbonyl (C=O) groups is 2. The molecule has 1 atom stereocenters. The van der Waals surface area contributed by atoms with Crippen molar-refractivity contribution in [3.8, 4) is 0 Å². The molecular formula is C14H28N2O4. The summed E-state index contributed by atoms with van der Waals surface area (Å²) in [5.74, 6) is -0.532. The third-order valence-corrected chi connectivity index (χ3v) is 3.04. The summed E-state index contributed by atoms with van der Waals surface area (Å²) in [7, 11) is 0. The quantitative estimate of drug-likeness (QED) is 0.600. The fourth-order valence-electron chi connectivity index (χ4n) is 2.19. The van der Waals surface area contributed by atoms with E-state index in [1.807, 2.05) is 27.7 Å². The maximum Gasteiger partial charge on any atom is 0.317 e. The van der Waals surface area contributed by atoms with Crippen molar-refractivity contribution in [2.24, 2.45) is 11.8 Å². The van der Waals surface area contributed by atoms with Crippen molar-refractivity contribution in [2.75, 3.05) is 19.7 Å². The Balaban J connectivity index is 4.43. The average Bonchev–Trinajstić information content (AvgIpc) is 2.30. The number of nitrogens with zero attached hydrogens (tertiary/aromatic N) is 1. The van der Waals surface area contributed by atoms with E-state index >= 15 is 0 Å². The zero-order valence-corrected chi connectivity index (χ0v) is 12.9. The van der Waals surface area contributed by atoms with Gasteiger partial charge in [-0.05, 0) is 32.1 Å². The Morgan fingerprint density at radius 1 is 1.20 bits per heavy atom. The van der Waals surface area contributed by atoms with Crippen molar-refractivity contribution in [1.29, 1.82) is 0 Å². The van der Waals surface area contributed by atoms with Gasteiger partial charge in [0.2, 0.25) is 0 Å². The maximum atomic E-state index is 12.0. The SMILES string of the molecule is CC(C)CC(CNC(=O)N(CCO)C(C)C)CC(=O)O. The Labute approximate surface area is 121 Å². The monoisotopic (exact) mass is 288 g/mol. The molecule has 2 amide bonds. The van der Waals surface area contributed by atoms with Crippen LogP contribution in [0.1, 0.15) is 40.5 Å². The molecule has 0 rings (SSSR count). The van der Waals surface area contributed by atoms with Gasteiger partial charge in [0, 0.05) is 25.6 Å². The summed E-state index contributed by atoms with van der Waals surface area (Å²) in [6, 6.07) is -0.265. The highest BCUT2D eigenvalue weighted by molar-refractivity contribution is 5.74. The Morgan fingerprint density at radius 3 is 2.20 bits per heavy atom. The van der Waals surface area contributed by atoms with E-state index < -0.39 is 5.97 Å². The van der Waals surface area contributed by atoms with Gasteiger partial charge in [0.05, 0.1) is 6.61 Å². The van der Waals surface area contributed by atoms with Gasteiger partial charge in [-0.25, -0.2) is 4.79 Å². The molecule has 0 radical (unpaired) electrons. The van der Waals surface area contributed by atoms with E-state index in [0.29, 0.717) is 12.5 Å². The van der Waals surface area contributed by atoms with Crippen LogP contribution in [-0.4, -0.2) is 52.9 Å². The topological polar surface area (TPSA) is 89.9 Å². The number of aliphatic hydroxyl groups is 1. The summed E-state index contributed by atoms with van der Waals surface area (Å²) >= 11 is 0. The number of carboxylic acids is 1. The van der Waals surface area contributed by atoms with Crippen LogP contribution in [0.15, 0.2) is 0 Å². The highest BCUT2D eigenvalue weighted by Gasteiger charge is 2.19. The van der Waals surface area contributed by atoms with Crippen LogP contribution >= 0.6 is 0 Å². The second-order valence-corrected chi connectivity index (χ2v) is 5.79. The molecular weight excluding hydrogens is 260 g/mol. The van der Waals surface area contributed by atoms with E-state index in [4.69, 9.17) is 10.2 Å². The van der Waals surface area contributed by atoms with Gasteiger partial charge >= 0.3 is 12.0 Å². The molecule has 0 saturated heterocycles. The van der Waals surface area contributed by atoms with Gasteiger partial charge in [-0.1, -0.05) is 13.8 Å². The van der Waals surface area contributed by atoms with Gasteiger partial charge in [-0.15, -0.1) is 0 Å². The first-order valence-corrected chi connectivity index (χ1v) is 7.15. The third kappa shape index (κ3) is 7.99. The van der Waals surface area contributed by atoms with Crippen LogP contribution in [0.2, 0.25) is 0 Å². The molecule has 3 N–H and O–H groups in total. The van der Waals surface area contributed by atoms with Gasteiger partial charge in [-0.3, -0.25) is 4.79 Å². The number of aliphatic hydroxyl groups excluding tert-OH is 1. The van der Waals surface area contributed by atoms with Crippen LogP contribution < -0.4 is 5.32 Å². The van der Waals surface area contributed by atoms with Crippen molar-refractivity contribution in [3.05, 3.63) is 0 Å². The first-order chi connectivity index (χ1) is 9.27. The number of hydrogen-bond donors (Lipinski definition) is 3. The van der Waals surface area contributed by atoms with E-state index in [-0.39, 0.29) is 37.6 Å². The first kappa shape index (κ1) is 18.7. The lowest BCUT2D eigenvalue weighted by atomic mass is 9.94. The number of carbonyl (C=O) groups excluding carboxylic acids is 1. The lowest BCUT2D eigenvalue weighted by Crippen LogP contribution is -2.46. The van der Waals surface area contributed by atoms with Crippen LogP contribution in [0.5, 0.6) is 0 Å². The smallest absolute Gasteiger partial charge is 0.317 e. The zero-order valence-electron chi connectivity index (χ0n) is 12.9. The standard InChI is InChI=1S/C14H28N2O4/c1-10(2)7-12(8-13(18)19)9-15-14(20)16(5-6-17)11(3)4/h10-12,17H,5-9H2,1-4H3,(H,15,20)(H,18,19). The molecule has 20 heavy (non-hydrogen) atoms. The van der Waals surface area contributed by atoms with Crippen LogP contribution in [0.4, 0.5) is 4.79 Å². The minimum Gasteiger partial charge on any atom is -0.481 e. The molecule has 1 unspecified atom stereocenters. The van der Waals surface area contributed by atoms with E-state index in [9.17, 15) is 9.59 Å². The summed E-state index contributed by atoms with van der Waals surface area (Å²) in [6.45, 7) is 8.34. The minimum absolute atomic E-state index is 0.00910. The van der Waals surface area contributed by atoms with Gasteiger partial charge in [-0.2, -0.15) is 0 Å². The van der Waals surface area contributed by atoms with Crippen molar-refractivity contribution >= 4 is 12.0 Å². The van der Waals surface area contributed by atoms with Crippen LogP contribution in [0.3, 0.4) is 0 Å². The van der Waals surface area contributed by atoms with Gasteiger partial charge in [0.1, 0.15) is 0 Å². The largest absolute Gasteiger partial charge is 0.481 e. The summed E-state index contributed by atoms with van der Waals surface area (Å²) in [6.07, 6.45) is 0.814. The lowest BCUT2D eigenvalue weighted by molar-refractivity contribution is -0.138. The molecule has 0 heterocycles. The zero-order chi connectivity index (χ0) is 15.7. The van der Waals surface area contributed by atoms with Crippen LogP contribution in [0, 0.1) is 11.8 Å². The van der Waals surface area contributed by atoms with E-state index in [0.717, 1.165) is 6.42 Å². The van der Waals surface area contributed by atoms with E-state index in [1.165, 1.54) is 4.90 Å². The highest BCUT2D eigenvalue weighted by atomic mass is 16.4. The second-order valence-electron chi connectivity index (χ2n) is 5.79. The fourth-order valence-corrected chi connectivity index (χ4v) is 2.19. The van der Waals surface area contributed by atoms with Crippen molar-refractivity contribution in [3.63, 3.8) is 0 Å². The molecule has 0 aliphatic carbocycles. The van der Waals surface area contributed by atoms with Crippen molar-refractivity contribution < 1.29 is 19.8 Å². The number of aliphatic carboxylic acids is 1. The van der Waals surface area contributed by atoms with Crippen molar-refractivity contribution in [2.45, 2.75) is 46.6 Å². The molecule has 0 spiro atoms. The molecule has 0 fully saturated rings. The van der Waals surface area contributed by atoms with Crippen LogP contribution in [-0.2, 0) is 4.79 Å². The predicted octanol–water partition coefficient (Wildman–Crippen LogP) is 1.54. The number of amides is 2. The first-order valence-electron chi connectivity index (χ1n) is 7.15. The summed E-state index contributed by atoms with van der Waals surface area (Å²) in [5.41, 5.74) is 0. The molecule has 0 bridgehead atoms. The number of rotatable bonds is 9. The Hall–Kier alpha value is -1.30. The van der Waals surface area contributed by atoms with Gasteiger partial charge < -0.3 is 20.4 Å². The normalized spacial score (nSPS) is 12.6. The van der Waals surface area contributed by atoms with E-state index in [1.54, 1.807) is 0 Å². The number of hydrogen-bond acceptors (Lipinski definition) is 3. The molecule has 0 aromatic carbocycles. The molecule has 0 aliphatic rings. The number of nitrogens with one attached hydrogen (secondary N) is 1. The average molecular weight is 288 g/mol. The maximum absolute atomic E-state index is 12.0. The van der Waals surface area contributed by atoms with Crippen molar-refractivity contribution in [1.82, 2.24) is 10.2 Å². The molecule has 0 aromatic rings. The fraction of sp³-hybridized carbons (Fsp3) is 0.857. The second kappa shape index (κ2) is 9.58. The summed E-state index contributed by atoms with van der Waals surface area (Å²) < 4.78 is 0. The lowest BCUT2D eigenvalue weighted by Gasteiger charge is -2.27. The molecule has 6 nitrogen and oxygen atoms in total. The molecule has 0 saturated carbocycles. The Bertz CT molecular complexity index is 306. The molecule has 0 aromatic heterocycles. The van der Waals surface area contributed by atoms with Gasteiger partial charge in [0.15, 0.2) is 0 Å². The minimum atomic E-state index is -0.846. The molecule has 6 heteroatoms. The number of carboxylic acid groups (broad SMARTS) is 1. The Morgan fingerprint density at radius 2 is 1.80 bits per heavy atom.